The molecule has 0 aliphatic carbocycles. The Balaban J connectivity index is 0. The number of rotatable bonds is 17. The van der Waals surface area contributed by atoms with E-state index in [9.17, 15) is 9.59 Å². The summed E-state index contributed by atoms with van der Waals surface area (Å²) in [6.45, 7) is 1.53. The second-order valence-corrected chi connectivity index (χ2v) is 6.70. The number of carbonyl (C=O) groups is 2. The van der Waals surface area contributed by atoms with Gasteiger partial charge in [0.2, 0.25) is 0 Å². The van der Waals surface area contributed by atoms with Crippen LogP contribution in [0.2, 0.25) is 0 Å². The Morgan fingerprint density at radius 1 is 0.640 bits per heavy atom. The smallest absolute Gasteiger partial charge is 0.391 e. The number of unbranched alkanes of at least 4 members (excludes halogenated alkanes) is 14. The van der Waals surface area contributed by atoms with Gasteiger partial charge in [0.05, 0.1) is 0 Å². The van der Waals surface area contributed by atoms with Crippen molar-refractivity contribution >= 4 is 11.9 Å². The van der Waals surface area contributed by atoms with Gasteiger partial charge in [-0.3, -0.25) is 4.79 Å². The van der Waals surface area contributed by atoms with Gasteiger partial charge in [-0.05, 0) is 6.42 Å². The van der Waals surface area contributed by atoms with Gasteiger partial charge in [0.25, 0.3) is 0 Å². The Kier molecular flexibility index (Phi) is 25.5. The Bertz CT molecular complexity index is 308. The minimum Gasteiger partial charge on any atom is -0.391 e. The van der Waals surface area contributed by atoms with Gasteiger partial charge in [-0.1, -0.05) is 96.8 Å². The molecule has 0 rings (SSSR count). The first-order valence-electron chi connectivity index (χ1n) is 10.0. The number of hydrogen-bond acceptors (Lipinski definition) is 4. The van der Waals surface area contributed by atoms with E-state index in [2.05, 4.69) is 11.7 Å². The molecule has 0 radical (unpaired) electrons. The fraction of sp³-hybridized carbons (Fsp3) is 0.900. The number of hydrogen-bond donors (Lipinski definition) is 1. The van der Waals surface area contributed by atoms with Crippen molar-refractivity contribution in [2.45, 2.75) is 110 Å². The van der Waals surface area contributed by atoms with Crippen molar-refractivity contribution in [3.8, 4) is 0 Å². The molecule has 0 saturated heterocycles. The van der Waals surface area contributed by atoms with Crippen molar-refractivity contribution in [3.05, 3.63) is 0 Å². The zero-order chi connectivity index (χ0) is 17.9. The van der Waals surface area contributed by atoms with Crippen molar-refractivity contribution in [2.75, 3.05) is 6.61 Å². The number of carbonyl (C=O) groups excluding carboxylic acids is 2. The summed E-state index contributed by atoms with van der Waals surface area (Å²) in [4.78, 5) is 21.9. The zero-order valence-electron chi connectivity index (χ0n) is 16.7. The van der Waals surface area contributed by atoms with E-state index in [1.807, 2.05) is 0 Å². The average molecular weight is 382 g/mol. The molecular formula is C20H38KO4+. The van der Waals surface area contributed by atoms with Crippen LogP contribution in [0.25, 0.3) is 0 Å². The van der Waals surface area contributed by atoms with E-state index in [1.54, 1.807) is 0 Å². The fourth-order valence-corrected chi connectivity index (χ4v) is 2.85. The molecule has 0 saturated carbocycles. The second-order valence-electron chi connectivity index (χ2n) is 6.70. The van der Waals surface area contributed by atoms with E-state index in [0.29, 0.717) is 0 Å². The summed E-state index contributed by atoms with van der Waals surface area (Å²) in [7, 11) is 0. The first kappa shape index (κ1) is 28.0. The van der Waals surface area contributed by atoms with Crippen molar-refractivity contribution in [3.63, 3.8) is 0 Å². The first-order chi connectivity index (χ1) is 11.7. The second kappa shape index (κ2) is 22.8. The number of esters is 2. The van der Waals surface area contributed by atoms with Crippen molar-refractivity contribution < 1.29 is 70.8 Å². The molecule has 0 atom stereocenters. The molecule has 0 amide bonds. The van der Waals surface area contributed by atoms with Gasteiger partial charge in [0.15, 0.2) is 0 Å². The minimum atomic E-state index is -0.860. The van der Waals surface area contributed by atoms with Crippen molar-refractivity contribution in [1.82, 2.24) is 0 Å². The molecular weight excluding hydrogens is 343 g/mol. The summed E-state index contributed by atoms with van der Waals surface area (Å²) >= 11 is 0. The maximum absolute atomic E-state index is 11.2. The first-order valence-corrected chi connectivity index (χ1v) is 10.0. The monoisotopic (exact) mass is 381 g/mol. The van der Waals surface area contributed by atoms with E-state index in [4.69, 9.17) is 5.11 Å². The summed E-state index contributed by atoms with van der Waals surface area (Å²) in [5.41, 5.74) is 0. The van der Waals surface area contributed by atoms with Gasteiger partial charge in [0, 0.05) is 6.42 Å². The zero-order valence-corrected chi connectivity index (χ0v) is 19.8. The minimum absolute atomic E-state index is 0. The topological polar surface area (TPSA) is 63.6 Å². The molecule has 0 aromatic heterocycles. The number of aliphatic hydroxyl groups is 1. The van der Waals surface area contributed by atoms with Crippen LogP contribution in [0, 0.1) is 0 Å². The molecule has 0 bridgehead atoms. The van der Waals surface area contributed by atoms with E-state index in [-0.39, 0.29) is 57.8 Å². The third-order valence-corrected chi connectivity index (χ3v) is 4.34. The molecule has 0 aliphatic rings. The van der Waals surface area contributed by atoms with Crippen LogP contribution in [0.3, 0.4) is 0 Å². The van der Waals surface area contributed by atoms with Crippen molar-refractivity contribution in [1.29, 1.82) is 0 Å². The predicted octanol–water partition coefficient (Wildman–Crippen LogP) is 2.31. The van der Waals surface area contributed by atoms with Gasteiger partial charge < -0.3 is 9.84 Å². The molecule has 0 unspecified atom stereocenters. The third kappa shape index (κ3) is 22.7. The summed E-state index contributed by atoms with van der Waals surface area (Å²) < 4.78 is 4.39. The Morgan fingerprint density at radius 2 is 1.00 bits per heavy atom. The molecule has 25 heavy (non-hydrogen) atoms. The largest absolute Gasteiger partial charge is 1.00 e. The maximum atomic E-state index is 11.2. The Morgan fingerprint density at radius 3 is 1.36 bits per heavy atom. The summed E-state index contributed by atoms with van der Waals surface area (Å²) in [5, 5.41) is 8.46. The predicted molar refractivity (Wildman–Crippen MR) is 97.7 cm³/mol. The summed E-state index contributed by atoms with van der Waals surface area (Å²) in [6, 6.07) is 0. The molecule has 0 fully saturated rings. The Hall–Kier alpha value is 0.736. The van der Waals surface area contributed by atoms with Gasteiger partial charge in [-0.15, -0.1) is 0 Å². The Labute approximate surface area is 197 Å². The van der Waals surface area contributed by atoms with E-state index < -0.39 is 18.5 Å². The van der Waals surface area contributed by atoms with E-state index >= 15 is 0 Å². The van der Waals surface area contributed by atoms with Crippen LogP contribution in [-0.4, -0.2) is 23.7 Å². The molecule has 0 aromatic carbocycles. The average Bonchev–Trinajstić information content (AvgIpc) is 2.58. The molecule has 0 aliphatic heterocycles. The fourth-order valence-electron chi connectivity index (χ4n) is 2.85. The molecule has 4 nitrogen and oxygen atoms in total. The normalized spacial score (nSPS) is 10.3. The molecule has 5 heteroatoms. The molecule has 1 N–H and O–H groups in total. The number of aliphatic hydroxyl groups excluding tert-OH is 1. The molecule has 142 valence electrons. The van der Waals surface area contributed by atoms with E-state index in [0.717, 1.165) is 19.3 Å². The van der Waals surface area contributed by atoms with E-state index in [1.165, 1.54) is 77.0 Å². The van der Waals surface area contributed by atoms with Gasteiger partial charge in [-0.25, -0.2) is 4.79 Å². The van der Waals surface area contributed by atoms with Gasteiger partial charge in [-0.2, -0.15) is 0 Å². The van der Waals surface area contributed by atoms with Crippen LogP contribution in [0.15, 0.2) is 0 Å². The summed E-state index contributed by atoms with van der Waals surface area (Å²) in [5.74, 6) is -1.38. The molecule has 0 spiro atoms. The van der Waals surface area contributed by atoms with Crippen LogP contribution in [0.1, 0.15) is 110 Å². The number of ether oxygens (including phenoxy) is 1. The van der Waals surface area contributed by atoms with Crippen LogP contribution in [0.5, 0.6) is 0 Å². The summed E-state index contributed by atoms with van der Waals surface area (Å²) in [6.07, 6.45) is 19.5. The van der Waals surface area contributed by atoms with Crippen LogP contribution in [-0.2, 0) is 14.3 Å². The quantitative estimate of drug-likeness (QED) is 0.182. The standard InChI is InChI=1S/C20H38O4.K/c1-2-3-4-5-6-7-8-9-10-11-12-13-14-15-16-17-19(22)24-20(23)18-21;/h21H,2-18H2,1H3;/q;+1. The van der Waals surface area contributed by atoms with Crippen LogP contribution in [0.4, 0.5) is 0 Å². The third-order valence-electron chi connectivity index (χ3n) is 4.34. The van der Waals surface area contributed by atoms with Crippen molar-refractivity contribution in [2.24, 2.45) is 0 Å². The van der Waals surface area contributed by atoms with Crippen LogP contribution >= 0.6 is 0 Å². The van der Waals surface area contributed by atoms with Gasteiger partial charge in [0.1, 0.15) is 6.61 Å². The van der Waals surface area contributed by atoms with Gasteiger partial charge >= 0.3 is 63.3 Å². The SMILES string of the molecule is CCCCCCCCCCCCCCCCCC(=O)OC(=O)CO.[K+]. The maximum Gasteiger partial charge on any atom is 1.00 e. The molecule has 0 aromatic rings. The molecule has 0 heterocycles. The van der Waals surface area contributed by atoms with Crippen LogP contribution < -0.4 is 51.4 Å².